The first kappa shape index (κ1) is 14.0. The summed E-state index contributed by atoms with van der Waals surface area (Å²) in [7, 11) is 0. The summed E-state index contributed by atoms with van der Waals surface area (Å²) in [5, 5.41) is 13.2. The highest BCUT2D eigenvalue weighted by atomic mass is 16.3. The second-order valence-electron chi connectivity index (χ2n) is 5.67. The summed E-state index contributed by atoms with van der Waals surface area (Å²) in [6.07, 6.45) is -0.742. The first-order chi connectivity index (χ1) is 11.3. The minimum Gasteiger partial charge on any atom is -0.380 e. The summed E-state index contributed by atoms with van der Waals surface area (Å²) in [5.74, 6) is 0.699. The third-order valence-corrected chi connectivity index (χ3v) is 4.36. The van der Waals surface area contributed by atoms with Gasteiger partial charge in [-0.15, -0.1) is 0 Å². The van der Waals surface area contributed by atoms with E-state index in [-0.39, 0.29) is 0 Å². The largest absolute Gasteiger partial charge is 0.380 e. The van der Waals surface area contributed by atoms with Crippen LogP contribution < -0.4 is 0 Å². The van der Waals surface area contributed by atoms with Crippen LogP contribution >= 0.6 is 0 Å². The number of nitrogens with zero attached hydrogens (tertiary/aromatic N) is 2. The van der Waals surface area contributed by atoms with Crippen molar-refractivity contribution in [1.82, 2.24) is 9.55 Å². The van der Waals surface area contributed by atoms with Gasteiger partial charge in [0.1, 0.15) is 11.9 Å². The Morgan fingerprint density at radius 3 is 2.57 bits per heavy atom. The Morgan fingerprint density at radius 1 is 0.957 bits per heavy atom. The van der Waals surface area contributed by atoms with Crippen LogP contribution in [0.4, 0.5) is 0 Å². The van der Waals surface area contributed by atoms with Gasteiger partial charge in [0.15, 0.2) is 0 Å². The van der Waals surface area contributed by atoms with Crippen LogP contribution in [0, 0.1) is 0 Å². The zero-order chi connectivity index (χ0) is 15.8. The van der Waals surface area contributed by atoms with E-state index in [0.717, 1.165) is 33.9 Å². The summed E-state index contributed by atoms with van der Waals surface area (Å²) in [6.45, 7) is 2.85. The lowest BCUT2D eigenvalue weighted by Crippen LogP contribution is -2.09. The molecule has 0 amide bonds. The molecule has 0 unspecified atom stereocenters. The number of hydrogen-bond acceptors (Lipinski definition) is 2. The Hall–Kier alpha value is -2.65. The Balaban J connectivity index is 1.93. The molecule has 0 saturated carbocycles. The van der Waals surface area contributed by atoms with Crippen LogP contribution in [0.2, 0.25) is 0 Å². The quantitative estimate of drug-likeness (QED) is 0.613. The topological polar surface area (TPSA) is 38.0 Å². The molecular formula is C20H18N2O. The number of aliphatic hydroxyl groups excluding tert-OH is 1. The Kier molecular flexibility index (Phi) is 3.36. The molecular weight excluding hydrogens is 284 g/mol. The Labute approximate surface area is 134 Å². The van der Waals surface area contributed by atoms with Gasteiger partial charge in [0.05, 0.1) is 11.0 Å². The fraction of sp³-hybridized carbons (Fsp3) is 0.150. The van der Waals surface area contributed by atoms with Gasteiger partial charge in [-0.3, -0.25) is 0 Å². The van der Waals surface area contributed by atoms with Gasteiger partial charge in [-0.05, 0) is 35.4 Å². The monoisotopic (exact) mass is 302 g/mol. The van der Waals surface area contributed by atoms with Crippen LogP contribution in [0.25, 0.3) is 21.8 Å². The second-order valence-corrected chi connectivity index (χ2v) is 5.67. The highest BCUT2D eigenvalue weighted by Crippen LogP contribution is 2.30. The highest BCUT2D eigenvalue weighted by molar-refractivity contribution is 5.86. The molecule has 4 rings (SSSR count). The van der Waals surface area contributed by atoms with Gasteiger partial charge in [-0.2, -0.15) is 0 Å². The Morgan fingerprint density at radius 2 is 1.70 bits per heavy atom. The molecule has 3 nitrogen and oxygen atoms in total. The molecule has 0 spiro atoms. The maximum atomic E-state index is 11.0. The standard InChI is InChI=1S/C20H18N2O/c1-2-22-18-13-6-5-12-17(18)21-20(22)19(23)16-11-7-9-14-8-3-4-10-15(14)16/h3-13,19,23H,2H2,1H3/t19-/m0/s1. The van der Waals surface area contributed by atoms with Crippen LogP contribution in [0.1, 0.15) is 24.4 Å². The van der Waals surface area contributed by atoms with E-state index in [0.29, 0.717) is 5.82 Å². The maximum absolute atomic E-state index is 11.0. The van der Waals surface area contributed by atoms with Crippen molar-refractivity contribution in [3.8, 4) is 0 Å². The first-order valence-electron chi connectivity index (χ1n) is 7.90. The molecule has 0 bridgehead atoms. The van der Waals surface area contributed by atoms with E-state index >= 15 is 0 Å². The third-order valence-electron chi connectivity index (χ3n) is 4.36. The van der Waals surface area contributed by atoms with Crippen molar-refractivity contribution < 1.29 is 5.11 Å². The van der Waals surface area contributed by atoms with Gasteiger partial charge in [-0.25, -0.2) is 4.98 Å². The van der Waals surface area contributed by atoms with Crippen LogP contribution in [0.15, 0.2) is 66.7 Å². The highest BCUT2D eigenvalue weighted by Gasteiger charge is 2.20. The number of para-hydroxylation sites is 2. The van der Waals surface area contributed by atoms with Crippen molar-refractivity contribution in [2.75, 3.05) is 0 Å². The predicted octanol–water partition coefficient (Wildman–Crippen LogP) is 4.29. The van der Waals surface area contributed by atoms with E-state index in [1.807, 2.05) is 54.6 Å². The van der Waals surface area contributed by atoms with Crippen molar-refractivity contribution in [2.45, 2.75) is 19.6 Å². The van der Waals surface area contributed by atoms with Crippen molar-refractivity contribution in [3.63, 3.8) is 0 Å². The lowest BCUT2D eigenvalue weighted by Gasteiger charge is -2.15. The molecule has 114 valence electrons. The minimum absolute atomic E-state index is 0.699. The van der Waals surface area contributed by atoms with Crippen LogP contribution in [-0.4, -0.2) is 14.7 Å². The van der Waals surface area contributed by atoms with Gasteiger partial charge in [0.25, 0.3) is 0 Å². The van der Waals surface area contributed by atoms with E-state index in [2.05, 4.69) is 28.6 Å². The van der Waals surface area contributed by atoms with E-state index < -0.39 is 6.10 Å². The fourth-order valence-corrected chi connectivity index (χ4v) is 3.26. The van der Waals surface area contributed by atoms with Crippen LogP contribution in [0.5, 0.6) is 0 Å². The maximum Gasteiger partial charge on any atom is 0.143 e. The molecule has 1 N–H and O–H groups in total. The van der Waals surface area contributed by atoms with Crippen LogP contribution in [-0.2, 0) is 6.54 Å². The van der Waals surface area contributed by atoms with E-state index in [1.54, 1.807) is 0 Å². The molecule has 1 aromatic heterocycles. The normalized spacial score (nSPS) is 12.8. The first-order valence-corrected chi connectivity index (χ1v) is 7.90. The lowest BCUT2D eigenvalue weighted by atomic mass is 10.00. The SMILES string of the molecule is CCn1c([C@@H](O)c2cccc3ccccc23)nc2ccccc21. The molecule has 0 aliphatic carbocycles. The lowest BCUT2D eigenvalue weighted by molar-refractivity contribution is 0.207. The molecule has 0 radical (unpaired) electrons. The number of benzene rings is 3. The Bertz CT molecular complexity index is 982. The number of aliphatic hydroxyl groups is 1. The molecule has 3 aromatic carbocycles. The number of rotatable bonds is 3. The van der Waals surface area contributed by atoms with Crippen LogP contribution in [0.3, 0.4) is 0 Å². The number of imidazole rings is 1. The summed E-state index contributed by atoms with van der Waals surface area (Å²) < 4.78 is 2.09. The molecule has 0 saturated heterocycles. The molecule has 0 aliphatic heterocycles. The molecule has 3 heteroatoms. The van der Waals surface area contributed by atoms with Gasteiger partial charge < -0.3 is 9.67 Å². The number of fused-ring (bicyclic) bond motifs is 2. The third kappa shape index (κ3) is 2.21. The van der Waals surface area contributed by atoms with Crippen molar-refractivity contribution >= 4 is 21.8 Å². The molecule has 0 aliphatic rings. The summed E-state index contributed by atoms with van der Waals surface area (Å²) in [4.78, 5) is 4.68. The molecule has 0 fully saturated rings. The van der Waals surface area contributed by atoms with Crippen molar-refractivity contribution in [3.05, 3.63) is 78.1 Å². The zero-order valence-corrected chi connectivity index (χ0v) is 13.0. The summed E-state index contributed by atoms with van der Waals surface area (Å²) in [5.41, 5.74) is 2.88. The van der Waals surface area contributed by atoms with E-state index in [9.17, 15) is 5.11 Å². The number of aromatic nitrogens is 2. The van der Waals surface area contributed by atoms with Crippen molar-refractivity contribution in [2.24, 2.45) is 0 Å². The summed E-state index contributed by atoms with van der Waals surface area (Å²) >= 11 is 0. The van der Waals surface area contributed by atoms with Crippen molar-refractivity contribution in [1.29, 1.82) is 0 Å². The van der Waals surface area contributed by atoms with Gasteiger partial charge in [-0.1, -0.05) is 54.6 Å². The second kappa shape index (κ2) is 5.52. The number of hydrogen-bond donors (Lipinski definition) is 1. The van der Waals surface area contributed by atoms with E-state index in [1.165, 1.54) is 0 Å². The molecule has 1 atom stereocenters. The van der Waals surface area contributed by atoms with Gasteiger partial charge >= 0.3 is 0 Å². The molecule has 4 aromatic rings. The average molecular weight is 302 g/mol. The van der Waals surface area contributed by atoms with Gasteiger partial charge in [0, 0.05) is 6.54 Å². The smallest absolute Gasteiger partial charge is 0.143 e. The summed E-state index contributed by atoms with van der Waals surface area (Å²) in [6, 6.07) is 22.2. The van der Waals surface area contributed by atoms with Gasteiger partial charge in [0.2, 0.25) is 0 Å². The fourth-order valence-electron chi connectivity index (χ4n) is 3.26. The number of aryl methyl sites for hydroxylation is 1. The molecule has 23 heavy (non-hydrogen) atoms. The molecule has 1 heterocycles. The average Bonchev–Trinajstić information content (AvgIpc) is 2.99. The zero-order valence-electron chi connectivity index (χ0n) is 13.0. The predicted molar refractivity (Wildman–Crippen MR) is 93.4 cm³/mol. The van der Waals surface area contributed by atoms with E-state index in [4.69, 9.17) is 0 Å². The minimum atomic E-state index is -0.742.